The number of rotatable bonds is 6. The van der Waals surface area contributed by atoms with E-state index in [1.165, 1.54) is 17.0 Å². The first kappa shape index (κ1) is 14.7. The molecular weight excluding hydrogens is 250 g/mol. The van der Waals surface area contributed by atoms with Crippen LogP contribution < -0.4 is 16.6 Å². The van der Waals surface area contributed by atoms with Gasteiger partial charge in [-0.1, -0.05) is 6.07 Å². The van der Waals surface area contributed by atoms with Gasteiger partial charge in [-0.3, -0.25) is 20.8 Å². The average molecular weight is 267 g/mol. The van der Waals surface area contributed by atoms with Gasteiger partial charge in [0.2, 0.25) is 5.91 Å². The molecule has 1 aromatic rings. The van der Waals surface area contributed by atoms with Crippen LogP contribution in [0.5, 0.6) is 0 Å². The summed E-state index contributed by atoms with van der Waals surface area (Å²) < 4.78 is 0. The molecule has 0 spiro atoms. The number of likely N-dealkylation sites (N-methyl/N-ethyl adjacent to an activating group) is 1. The smallest absolute Gasteiger partial charge is 0.316 e. The van der Waals surface area contributed by atoms with Crippen molar-refractivity contribution in [2.75, 3.05) is 30.9 Å². The number of nitro benzene ring substituents is 1. The predicted octanol–water partition coefficient (Wildman–Crippen LogP) is 0.771. The molecule has 8 heteroatoms. The number of hydrogen-bond donors (Lipinski definition) is 3. The molecule has 0 radical (unpaired) electrons. The SMILES string of the molecule is CCN(C)C(=O)CNc1cccc(NN)c1[N+](=O)[O-]. The number of para-hydroxylation sites is 1. The van der Waals surface area contributed by atoms with Crippen LogP contribution in [-0.4, -0.2) is 35.9 Å². The Bertz CT molecular complexity index is 477. The summed E-state index contributed by atoms with van der Waals surface area (Å²) in [5.74, 6) is 5.08. The Morgan fingerprint density at radius 1 is 1.47 bits per heavy atom. The molecule has 104 valence electrons. The van der Waals surface area contributed by atoms with Gasteiger partial charge in [0.1, 0.15) is 11.4 Å². The van der Waals surface area contributed by atoms with E-state index in [0.717, 1.165) is 0 Å². The minimum Gasteiger partial charge on any atom is -0.370 e. The van der Waals surface area contributed by atoms with Crippen molar-refractivity contribution in [3.05, 3.63) is 28.3 Å². The summed E-state index contributed by atoms with van der Waals surface area (Å²) in [4.78, 5) is 23.6. The zero-order valence-corrected chi connectivity index (χ0v) is 10.8. The Morgan fingerprint density at radius 3 is 2.63 bits per heavy atom. The van der Waals surface area contributed by atoms with Crippen LogP contribution in [-0.2, 0) is 4.79 Å². The van der Waals surface area contributed by atoms with E-state index in [2.05, 4.69) is 10.7 Å². The molecule has 1 aromatic carbocycles. The summed E-state index contributed by atoms with van der Waals surface area (Å²) in [7, 11) is 1.66. The number of nitrogen functional groups attached to an aromatic ring is 1. The minimum absolute atomic E-state index is 0.0147. The van der Waals surface area contributed by atoms with Crippen LogP contribution in [0.3, 0.4) is 0 Å². The first-order valence-corrected chi connectivity index (χ1v) is 5.73. The van der Waals surface area contributed by atoms with Crippen LogP contribution in [0.1, 0.15) is 6.92 Å². The van der Waals surface area contributed by atoms with Gasteiger partial charge in [-0.25, -0.2) is 0 Å². The third kappa shape index (κ3) is 3.55. The number of anilines is 2. The van der Waals surface area contributed by atoms with Gasteiger partial charge in [0.05, 0.1) is 11.5 Å². The van der Waals surface area contributed by atoms with Gasteiger partial charge in [0.25, 0.3) is 0 Å². The van der Waals surface area contributed by atoms with E-state index in [-0.39, 0.29) is 29.5 Å². The molecule has 19 heavy (non-hydrogen) atoms. The third-order valence-corrected chi connectivity index (χ3v) is 2.70. The molecule has 1 amide bonds. The molecular formula is C11H17N5O3. The van der Waals surface area contributed by atoms with Crippen molar-refractivity contribution in [3.63, 3.8) is 0 Å². The van der Waals surface area contributed by atoms with Gasteiger partial charge in [-0.15, -0.1) is 0 Å². The van der Waals surface area contributed by atoms with E-state index in [9.17, 15) is 14.9 Å². The minimum atomic E-state index is -0.550. The lowest BCUT2D eigenvalue weighted by Gasteiger charge is -2.15. The number of hydrogen-bond acceptors (Lipinski definition) is 6. The Labute approximate surface area is 110 Å². The monoisotopic (exact) mass is 267 g/mol. The second-order valence-corrected chi connectivity index (χ2v) is 3.86. The maximum atomic E-state index is 11.6. The van der Waals surface area contributed by atoms with Gasteiger partial charge in [0.15, 0.2) is 0 Å². The first-order valence-electron chi connectivity index (χ1n) is 5.73. The number of hydrazine groups is 1. The molecule has 0 aliphatic heterocycles. The number of benzene rings is 1. The highest BCUT2D eigenvalue weighted by Crippen LogP contribution is 2.31. The molecule has 1 rings (SSSR count). The summed E-state index contributed by atoms with van der Waals surface area (Å²) in [6.07, 6.45) is 0. The van der Waals surface area contributed by atoms with Crippen molar-refractivity contribution in [1.82, 2.24) is 4.90 Å². The van der Waals surface area contributed by atoms with Crippen molar-refractivity contribution in [2.24, 2.45) is 5.84 Å². The quantitative estimate of drug-likeness (QED) is 0.398. The van der Waals surface area contributed by atoms with Crippen LogP contribution in [0.4, 0.5) is 17.1 Å². The molecule has 8 nitrogen and oxygen atoms in total. The fourth-order valence-corrected chi connectivity index (χ4v) is 1.48. The van der Waals surface area contributed by atoms with E-state index in [0.29, 0.717) is 6.54 Å². The van der Waals surface area contributed by atoms with Crippen LogP contribution >= 0.6 is 0 Å². The molecule has 4 N–H and O–H groups in total. The molecule has 0 fully saturated rings. The summed E-state index contributed by atoms with van der Waals surface area (Å²) in [6.45, 7) is 2.41. The molecule has 0 aromatic heterocycles. The number of nitrogens with one attached hydrogen (secondary N) is 2. The number of carbonyl (C=O) groups is 1. The fourth-order valence-electron chi connectivity index (χ4n) is 1.48. The summed E-state index contributed by atoms with van der Waals surface area (Å²) in [6, 6.07) is 4.63. The Kier molecular flexibility index (Phi) is 5.07. The maximum absolute atomic E-state index is 11.6. The second kappa shape index (κ2) is 6.55. The number of amides is 1. The van der Waals surface area contributed by atoms with Gasteiger partial charge >= 0.3 is 5.69 Å². The largest absolute Gasteiger partial charge is 0.370 e. The predicted molar refractivity (Wildman–Crippen MR) is 72.7 cm³/mol. The van der Waals surface area contributed by atoms with Gasteiger partial charge in [0, 0.05) is 13.6 Å². The van der Waals surface area contributed by atoms with E-state index in [1.807, 2.05) is 6.92 Å². The molecule has 0 saturated carbocycles. The molecule has 0 heterocycles. The normalized spacial score (nSPS) is 9.84. The van der Waals surface area contributed by atoms with E-state index >= 15 is 0 Å². The van der Waals surface area contributed by atoms with Crippen molar-refractivity contribution >= 4 is 23.0 Å². The summed E-state index contributed by atoms with van der Waals surface area (Å²) in [5.41, 5.74) is 2.51. The molecule has 0 aliphatic rings. The third-order valence-electron chi connectivity index (χ3n) is 2.70. The molecule has 0 bridgehead atoms. The van der Waals surface area contributed by atoms with Crippen LogP contribution in [0.15, 0.2) is 18.2 Å². The zero-order valence-electron chi connectivity index (χ0n) is 10.8. The van der Waals surface area contributed by atoms with E-state index < -0.39 is 4.92 Å². The van der Waals surface area contributed by atoms with Crippen molar-refractivity contribution in [1.29, 1.82) is 0 Å². The first-order chi connectivity index (χ1) is 9.01. The maximum Gasteiger partial charge on any atom is 0.316 e. The van der Waals surface area contributed by atoms with Crippen LogP contribution in [0.25, 0.3) is 0 Å². The van der Waals surface area contributed by atoms with Gasteiger partial charge in [-0.05, 0) is 19.1 Å². The second-order valence-electron chi connectivity index (χ2n) is 3.86. The fraction of sp³-hybridized carbons (Fsp3) is 0.364. The standard InChI is InChI=1S/C11H17N5O3/c1-3-15(2)10(17)7-13-8-5-4-6-9(14-12)11(8)16(18)19/h4-6,13-14H,3,7,12H2,1-2H3. The molecule has 0 saturated heterocycles. The average Bonchev–Trinajstić information content (AvgIpc) is 2.42. The lowest BCUT2D eigenvalue weighted by Crippen LogP contribution is -2.32. The van der Waals surface area contributed by atoms with Gasteiger partial charge < -0.3 is 15.6 Å². The van der Waals surface area contributed by atoms with Crippen molar-refractivity contribution < 1.29 is 9.72 Å². The number of nitro groups is 1. The highest BCUT2D eigenvalue weighted by atomic mass is 16.6. The lowest BCUT2D eigenvalue weighted by molar-refractivity contribution is -0.383. The van der Waals surface area contributed by atoms with Gasteiger partial charge in [-0.2, -0.15) is 0 Å². The Balaban J connectivity index is 2.89. The number of nitrogens with zero attached hydrogens (tertiary/aromatic N) is 2. The highest BCUT2D eigenvalue weighted by molar-refractivity contribution is 5.83. The number of nitrogens with two attached hydrogens (primary N) is 1. The molecule has 0 atom stereocenters. The highest BCUT2D eigenvalue weighted by Gasteiger charge is 2.19. The van der Waals surface area contributed by atoms with E-state index in [1.54, 1.807) is 13.1 Å². The lowest BCUT2D eigenvalue weighted by atomic mass is 10.2. The van der Waals surface area contributed by atoms with E-state index in [4.69, 9.17) is 5.84 Å². The number of carbonyl (C=O) groups excluding carboxylic acids is 1. The molecule has 0 aliphatic carbocycles. The Hall–Kier alpha value is -2.35. The van der Waals surface area contributed by atoms with Crippen molar-refractivity contribution in [3.8, 4) is 0 Å². The topological polar surface area (TPSA) is 114 Å². The molecule has 0 unspecified atom stereocenters. The van der Waals surface area contributed by atoms with Crippen LogP contribution in [0.2, 0.25) is 0 Å². The van der Waals surface area contributed by atoms with Crippen molar-refractivity contribution in [2.45, 2.75) is 6.92 Å². The van der Waals surface area contributed by atoms with Crippen LogP contribution in [0, 0.1) is 10.1 Å². The summed E-state index contributed by atoms with van der Waals surface area (Å²) in [5, 5.41) is 13.8. The Morgan fingerprint density at radius 2 is 2.11 bits per heavy atom. The summed E-state index contributed by atoms with van der Waals surface area (Å²) >= 11 is 0. The zero-order chi connectivity index (χ0) is 14.4.